The molecule has 0 atom stereocenters. The summed E-state index contributed by atoms with van der Waals surface area (Å²) in [7, 11) is 0. The molecule has 92 valence electrons. The van der Waals surface area contributed by atoms with Crippen molar-refractivity contribution in [2.75, 3.05) is 25.1 Å². The van der Waals surface area contributed by atoms with Crippen molar-refractivity contribution in [3.8, 4) is 0 Å². The number of carbonyl (C=O) groups is 1. The molecular formula is C12H17N3O2. The highest BCUT2D eigenvalue weighted by molar-refractivity contribution is 5.91. The van der Waals surface area contributed by atoms with Crippen molar-refractivity contribution in [2.24, 2.45) is 5.73 Å². The third kappa shape index (κ3) is 5.12. The quantitative estimate of drug-likeness (QED) is 0.549. The first kappa shape index (κ1) is 13.2. The lowest BCUT2D eigenvalue weighted by Crippen LogP contribution is -2.14. The highest BCUT2D eigenvalue weighted by atomic mass is 16.5. The minimum atomic E-state index is -0.535. The summed E-state index contributed by atoms with van der Waals surface area (Å²) in [4.78, 5) is 14.8. The first-order chi connectivity index (χ1) is 8.09. The van der Waals surface area contributed by atoms with Crippen LogP contribution in [0, 0.1) is 0 Å². The largest absolute Gasteiger partial charge is 0.383 e. The fourth-order valence-electron chi connectivity index (χ4n) is 1.19. The number of nitrogens with one attached hydrogen (secondary N) is 1. The molecule has 5 nitrogen and oxygen atoms in total. The molecule has 0 bridgehead atoms. The minimum absolute atomic E-state index is 0.248. The maximum absolute atomic E-state index is 10.9. The number of nitrogens with two attached hydrogens (primary N) is 1. The van der Waals surface area contributed by atoms with Gasteiger partial charge in [0.1, 0.15) is 5.69 Å². The second-order valence-corrected chi connectivity index (χ2v) is 3.73. The summed E-state index contributed by atoms with van der Waals surface area (Å²) in [5.41, 5.74) is 7.17. The van der Waals surface area contributed by atoms with Crippen LogP contribution in [0.2, 0.25) is 0 Å². The summed E-state index contributed by atoms with van der Waals surface area (Å²) in [6, 6.07) is 3.38. The fourth-order valence-corrected chi connectivity index (χ4v) is 1.19. The van der Waals surface area contributed by atoms with Crippen molar-refractivity contribution in [1.29, 1.82) is 0 Å². The molecule has 0 saturated carbocycles. The van der Waals surface area contributed by atoms with Crippen LogP contribution in [0.5, 0.6) is 0 Å². The molecule has 0 spiro atoms. The molecule has 0 aromatic carbocycles. The van der Waals surface area contributed by atoms with Gasteiger partial charge in [0.2, 0.25) is 0 Å². The fraction of sp³-hybridized carbons (Fsp3) is 0.333. The Kier molecular flexibility index (Phi) is 5.16. The Morgan fingerprint density at radius 1 is 1.65 bits per heavy atom. The molecule has 1 rings (SSSR count). The molecule has 1 aromatic rings. The van der Waals surface area contributed by atoms with Crippen LogP contribution in [0.25, 0.3) is 0 Å². The van der Waals surface area contributed by atoms with Crippen LogP contribution in [0.3, 0.4) is 0 Å². The molecule has 0 saturated heterocycles. The summed E-state index contributed by atoms with van der Waals surface area (Å²) < 4.78 is 5.33. The van der Waals surface area contributed by atoms with Gasteiger partial charge in [-0.1, -0.05) is 12.2 Å². The monoisotopic (exact) mass is 235 g/mol. The number of hydrogen-bond donors (Lipinski definition) is 2. The van der Waals surface area contributed by atoms with Gasteiger partial charge in [0.25, 0.3) is 5.91 Å². The van der Waals surface area contributed by atoms with E-state index < -0.39 is 5.91 Å². The van der Waals surface area contributed by atoms with Gasteiger partial charge in [-0.3, -0.25) is 9.78 Å². The molecule has 0 fully saturated rings. The second kappa shape index (κ2) is 6.65. The van der Waals surface area contributed by atoms with Gasteiger partial charge in [0.15, 0.2) is 0 Å². The van der Waals surface area contributed by atoms with E-state index in [4.69, 9.17) is 10.5 Å². The van der Waals surface area contributed by atoms with Crippen LogP contribution in [-0.4, -0.2) is 30.6 Å². The van der Waals surface area contributed by atoms with E-state index in [0.29, 0.717) is 19.8 Å². The molecule has 1 aromatic heterocycles. The lowest BCUT2D eigenvalue weighted by Gasteiger charge is -2.07. The molecule has 0 aliphatic carbocycles. The van der Waals surface area contributed by atoms with Crippen molar-refractivity contribution in [1.82, 2.24) is 4.98 Å². The predicted octanol–water partition coefficient (Wildman–Crippen LogP) is 1.19. The topological polar surface area (TPSA) is 77.2 Å². The molecule has 5 heteroatoms. The molecular weight excluding hydrogens is 218 g/mol. The number of amides is 1. The molecule has 1 amide bonds. The minimum Gasteiger partial charge on any atom is -0.383 e. The number of rotatable bonds is 7. The van der Waals surface area contributed by atoms with Crippen molar-refractivity contribution < 1.29 is 9.53 Å². The second-order valence-electron chi connectivity index (χ2n) is 3.73. The van der Waals surface area contributed by atoms with Crippen LogP contribution < -0.4 is 11.1 Å². The van der Waals surface area contributed by atoms with Gasteiger partial charge in [0, 0.05) is 18.4 Å². The summed E-state index contributed by atoms with van der Waals surface area (Å²) >= 11 is 0. The van der Waals surface area contributed by atoms with E-state index in [9.17, 15) is 4.79 Å². The van der Waals surface area contributed by atoms with Gasteiger partial charge in [-0.25, -0.2) is 0 Å². The van der Waals surface area contributed by atoms with Crippen molar-refractivity contribution in [3.63, 3.8) is 0 Å². The van der Waals surface area contributed by atoms with Crippen LogP contribution in [0.1, 0.15) is 17.4 Å². The molecule has 0 aliphatic heterocycles. The van der Waals surface area contributed by atoms with Gasteiger partial charge in [0.05, 0.1) is 13.2 Å². The van der Waals surface area contributed by atoms with E-state index >= 15 is 0 Å². The van der Waals surface area contributed by atoms with Crippen LogP contribution in [0.15, 0.2) is 30.5 Å². The first-order valence-corrected chi connectivity index (χ1v) is 5.31. The number of nitrogens with zero attached hydrogens (tertiary/aromatic N) is 1. The number of primary amides is 1. The normalized spacial score (nSPS) is 9.94. The van der Waals surface area contributed by atoms with Gasteiger partial charge in [-0.05, 0) is 19.1 Å². The van der Waals surface area contributed by atoms with Gasteiger partial charge in [-0.2, -0.15) is 0 Å². The van der Waals surface area contributed by atoms with Crippen molar-refractivity contribution >= 4 is 11.6 Å². The Morgan fingerprint density at radius 3 is 3.06 bits per heavy atom. The Balaban J connectivity index is 2.34. The zero-order valence-electron chi connectivity index (χ0n) is 9.90. The van der Waals surface area contributed by atoms with Crippen molar-refractivity contribution in [2.45, 2.75) is 6.92 Å². The average Bonchev–Trinajstić information content (AvgIpc) is 2.28. The lowest BCUT2D eigenvalue weighted by atomic mass is 10.3. The molecule has 0 radical (unpaired) electrons. The summed E-state index contributed by atoms with van der Waals surface area (Å²) in [5, 5.41) is 3.11. The van der Waals surface area contributed by atoms with Crippen LogP contribution >= 0.6 is 0 Å². The molecule has 3 N–H and O–H groups in total. The molecule has 1 heterocycles. The summed E-state index contributed by atoms with van der Waals surface area (Å²) in [6.07, 6.45) is 1.54. The Morgan fingerprint density at radius 2 is 2.41 bits per heavy atom. The van der Waals surface area contributed by atoms with Crippen molar-refractivity contribution in [3.05, 3.63) is 36.2 Å². The van der Waals surface area contributed by atoms with Gasteiger partial charge >= 0.3 is 0 Å². The van der Waals surface area contributed by atoms with Gasteiger partial charge < -0.3 is 15.8 Å². The van der Waals surface area contributed by atoms with Crippen LogP contribution in [-0.2, 0) is 4.74 Å². The van der Waals surface area contributed by atoms with E-state index in [1.165, 1.54) is 6.20 Å². The Bertz CT molecular complexity index is 404. The summed E-state index contributed by atoms with van der Waals surface area (Å²) in [6.45, 7) is 7.43. The lowest BCUT2D eigenvalue weighted by molar-refractivity contribution is 0.0995. The van der Waals surface area contributed by atoms with Crippen LogP contribution in [0.4, 0.5) is 5.69 Å². The maximum Gasteiger partial charge on any atom is 0.267 e. The van der Waals surface area contributed by atoms with E-state index in [1.807, 2.05) is 6.92 Å². The average molecular weight is 235 g/mol. The van der Waals surface area contributed by atoms with E-state index in [1.54, 1.807) is 12.1 Å². The van der Waals surface area contributed by atoms with E-state index in [0.717, 1.165) is 11.3 Å². The standard InChI is InChI=1S/C12H17N3O2/c1-9(2)8-17-6-5-14-10-3-4-15-11(7-10)12(13)16/h3-4,7H,1,5-6,8H2,2H3,(H2,13,16)(H,14,15). The number of carbonyl (C=O) groups excluding carboxylic acids is 1. The zero-order valence-corrected chi connectivity index (χ0v) is 9.90. The number of anilines is 1. The zero-order chi connectivity index (χ0) is 12.7. The Labute approximate surface area is 101 Å². The summed E-state index contributed by atoms with van der Waals surface area (Å²) in [5.74, 6) is -0.535. The third-order valence-corrected chi connectivity index (χ3v) is 1.94. The molecule has 0 unspecified atom stereocenters. The highest BCUT2D eigenvalue weighted by Gasteiger charge is 2.02. The predicted molar refractivity (Wildman–Crippen MR) is 66.9 cm³/mol. The molecule has 17 heavy (non-hydrogen) atoms. The molecule has 0 aliphatic rings. The first-order valence-electron chi connectivity index (χ1n) is 5.31. The number of aromatic nitrogens is 1. The van der Waals surface area contributed by atoms with Gasteiger partial charge in [-0.15, -0.1) is 0 Å². The number of hydrogen-bond acceptors (Lipinski definition) is 4. The number of ether oxygens (including phenoxy) is 1. The van der Waals surface area contributed by atoms with E-state index in [-0.39, 0.29) is 5.69 Å². The highest BCUT2D eigenvalue weighted by Crippen LogP contribution is 2.06. The SMILES string of the molecule is C=C(C)COCCNc1ccnc(C(N)=O)c1. The van der Waals surface area contributed by atoms with E-state index in [2.05, 4.69) is 16.9 Å². The Hall–Kier alpha value is -1.88. The third-order valence-electron chi connectivity index (χ3n) is 1.94. The smallest absolute Gasteiger partial charge is 0.267 e. The maximum atomic E-state index is 10.9. The number of pyridine rings is 1.